The number of aromatic nitrogens is 2. The van der Waals surface area contributed by atoms with Crippen LogP contribution in [0.25, 0.3) is 11.3 Å². The Balaban J connectivity index is 1.60. The van der Waals surface area contributed by atoms with Gasteiger partial charge in [-0.2, -0.15) is 13.2 Å². The maximum absolute atomic E-state index is 13.2. The standard InChI is InChI=1S/C27H28ClF3N4O4/c1-37-25-18(28)5-2-6-19(25)34-24-21-22(15(12-33-26(21)36)7-9-27(29,30)31)35-23(24)17-8-10-32-13-20(17)39-14-16-4-3-11-38-16/h2,5-6,8,10,13,15-16,34-35H,3-4,7,9,11-12,14H2,1H3,(H,33,36)/t15-,16+/m1/s1. The summed E-state index contributed by atoms with van der Waals surface area (Å²) >= 11 is 6.34. The Kier molecular flexibility index (Phi) is 7.90. The van der Waals surface area contributed by atoms with Crippen molar-refractivity contribution in [2.75, 3.05) is 32.2 Å². The van der Waals surface area contributed by atoms with Gasteiger partial charge in [-0.1, -0.05) is 17.7 Å². The van der Waals surface area contributed by atoms with Crippen LogP contribution in [0.3, 0.4) is 0 Å². The number of aromatic amines is 1. The van der Waals surface area contributed by atoms with Crippen LogP contribution in [-0.2, 0) is 4.74 Å². The van der Waals surface area contributed by atoms with Crippen LogP contribution in [0.1, 0.15) is 47.7 Å². The number of nitrogens with one attached hydrogen (secondary N) is 3. The van der Waals surface area contributed by atoms with Crippen molar-refractivity contribution >= 4 is 28.9 Å². The van der Waals surface area contributed by atoms with Crippen molar-refractivity contribution < 1.29 is 32.2 Å². The molecule has 0 aliphatic carbocycles. The summed E-state index contributed by atoms with van der Waals surface area (Å²) in [5.41, 5.74) is 2.56. The number of rotatable bonds is 9. The van der Waals surface area contributed by atoms with Gasteiger partial charge in [0, 0.05) is 42.9 Å². The quantitative estimate of drug-likeness (QED) is 0.286. The zero-order valence-electron chi connectivity index (χ0n) is 21.2. The van der Waals surface area contributed by atoms with Gasteiger partial charge in [0.15, 0.2) is 5.75 Å². The summed E-state index contributed by atoms with van der Waals surface area (Å²) in [6, 6.07) is 6.85. The maximum atomic E-state index is 13.2. The number of hydrogen-bond donors (Lipinski definition) is 3. The number of ether oxygens (including phenoxy) is 3. The number of alkyl halides is 3. The molecule has 12 heteroatoms. The molecule has 2 aliphatic rings. The lowest BCUT2D eigenvalue weighted by Gasteiger charge is -2.24. The number of para-hydroxylation sites is 1. The van der Waals surface area contributed by atoms with Gasteiger partial charge in [-0.3, -0.25) is 9.78 Å². The van der Waals surface area contributed by atoms with Crippen molar-refractivity contribution in [3.63, 3.8) is 0 Å². The van der Waals surface area contributed by atoms with Crippen molar-refractivity contribution in [3.8, 4) is 22.8 Å². The van der Waals surface area contributed by atoms with Crippen LogP contribution in [0.2, 0.25) is 5.02 Å². The lowest BCUT2D eigenvalue weighted by atomic mass is 9.92. The highest BCUT2D eigenvalue weighted by Gasteiger charge is 2.36. The molecule has 39 heavy (non-hydrogen) atoms. The minimum absolute atomic E-state index is 0.0410. The van der Waals surface area contributed by atoms with Crippen molar-refractivity contribution in [3.05, 3.63) is 52.9 Å². The van der Waals surface area contributed by atoms with E-state index in [1.165, 1.54) is 7.11 Å². The fourth-order valence-corrected chi connectivity index (χ4v) is 5.24. The molecule has 8 nitrogen and oxygen atoms in total. The molecule has 5 rings (SSSR count). The van der Waals surface area contributed by atoms with Crippen LogP contribution in [0.5, 0.6) is 11.5 Å². The van der Waals surface area contributed by atoms with Crippen LogP contribution >= 0.6 is 11.6 Å². The Labute approximate surface area is 228 Å². The Morgan fingerprint density at radius 1 is 1.28 bits per heavy atom. The first-order valence-electron chi connectivity index (χ1n) is 12.6. The highest BCUT2D eigenvalue weighted by molar-refractivity contribution is 6.32. The number of carbonyl (C=O) groups excluding carboxylic acids is 1. The van der Waals surface area contributed by atoms with Crippen LogP contribution in [0, 0.1) is 0 Å². The van der Waals surface area contributed by atoms with E-state index < -0.39 is 24.4 Å². The smallest absolute Gasteiger partial charge is 0.389 e. The number of H-pyrrole nitrogens is 1. The van der Waals surface area contributed by atoms with E-state index in [9.17, 15) is 18.0 Å². The molecule has 208 valence electrons. The van der Waals surface area contributed by atoms with Crippen molar-refractivity contribution in [2.45, 2.75) is 43.9 Å². The van der Waals surface area contributed by atoms with Crippen LogP contribution in [-0.4, -0.2) is 55.0 Å². The van der Waals surface area contributed by atoms with Crippen LogP contribution in [0.4, 0.5) is 24.5 Å². The van der Waals surface area contributed by atoms with Crippen LogP contribution in [0.15, 0.2) is 36.7 Å². The van der Waals surface area contributed by atoms with Gasteiger partial charge >= 0.3 is 6.18 Å². The molecule has 0 spiro atoms. The molecule has 2 aromatic heterocycles. The molecule has 1 amide bonds. The van der Waals surface area contributed by atoms with Gasteiger partial charge in [0.1, 0.15) is 12.4 Å². The maximum Gasteiger partial charge on any atom is 0.389 e. The largest absolute Gasteiger partial charge is 0.493 e. The summed E-state index contributed by atoms with van der Waals surface area (Å²) in [6.07, 6.45) is -0.530. The highest BCUT2D eigenvalue weighted by atomic mass is 35.5. The van der Waals surface area contributed by atoms with E-state index >= 15 is 0 Å². The van der Waals surface area contributed by atoms with Gasteiger partial charge in [0.25, 0.3) is 5.91 Å². The molecular formula is C27H28ClF3N4O4. The van der Waals surface area contributed by atoms with Gasteiger partial charge in [0.05, 0.1) is 47.1 Å². The molecule has 2 aliphatic heterocycles. The summed E-state index contributed by atoms with van der Waals surface area (Å²) in [4.78, 5) is 20.7. The van der Waals surface area contributed by atoms with E-state index in [0.717, 1.165) is 12.8 Å². The van der Waals surface area contributed by atoms with E-state index in [1.54, 1.807) is 36.7 Å². The van der Waals surface area contributed by atoms with E-state index in [1.807, 2.05) is 0 Å². The molecule has 0 unspecified atom stereocenters. The lowest BCUT2D eigenvalue weighted by Crippen LogP contribution is -2.35. The molecule has 0 saturated carbocycles. The molecule has 0 radical (unpaired) electrons. The summed E-state index contributed by atoms with van der Waals surface area (Å²) in [5.74, 6) is -0.183. The average molecular weight is 565 g/mol. The number of benzene rings is 1. The summed E-state index contributed by atoms with van der Waals surface area (Å²) in [6.45, 7) is 1.08. The number of pyridine rings is 1. The van der Waals surface area contributed by atoms with E-state index in [2.05, 4.69) is 20.6 Å². The SMILES string of the molecule is COc1c(Cl)cccc1Nc1c(-c2ccncc2OC[C@@H]2CCCO2)[nH]c2c1C(=O)NC[C@H]2CCC(F)(F)F. The fourth-order valence-electron chi connectivity index (χ4n) is 4.99. The minimum atomic E-state index is -4.32. The number of methoxy groups -OCH3 is 1. The average Bonchev–Trinajstić information content (AvgIpc) is 3.56. The predicted octanol–water partition coefficient (Wildman–Crippen LogP) is 6.21. The second kappa shape index (κ2) is 11.4. The number of hydrogen-bond acceptors (Lipinski definition) is 6. The first-order chi connectivity index (χ1) is 18.7. The number of halogens is 4. The van der Waals surface area contributed by atoms with E-state index in [-0.39, 0.29) is 24.6 Å². The van der Waals surface area contributed by atoms with Gasteiger partial charge in [-0.05, 0) is 37.5 Å². The van der Waals surface area contributed by atoms with Gasteiger partial charge in [-0.15, -0.1) is 0 Å². The van der Waals surface area contributed by atoms with Gasteiger partial charge in [0.2, 0.25) is 0 Å². The summed E-state index contributed by atoms with van der Waals surface area (Å²) in [7, 11) is 1.47. The third-order valence-corrected chi connectivity index (χ3v) is 7.18. The summed E-state index contributed by atoms with van der Waals surface area (Å²) in [5, 5.41) is 6.36. The zero-order chi connectivity index (χ0) is 27.6. The van der Waals surface area contributed by atoms with Crippen molar-refractivity contribution in [2.24, 2.45) is 0 Å². The van der Waals surface area contributed by atoms with E-state index in [0.29, 0.717) is 58.1 Å². The Hall–Kier alpha value is -3.44. The molecule has 3 aromatic rings. The number of amides is 1. The molecule has 1 saturated heterocycles. The molecule has 1 aromatic carbocycles. The van der Waals surface area contributed by atoms with Crippen LogP contribution < -0.4 is 20.1 Å². The Morgan fingerprint density at radius 2 is 2.13 bits per heavy atom. The fraction of sp³-hybridized carbons (Fsp3) is 0.407. The molecule has 2 atom stereocenters. The van der Waals surface area contributed by atoms with Gasteiger partial charge < -0.3 is 29.8 Å². The summed E-state index contributed by atoms with van der Waals surface area (Å²) < 4.78 is 56.6. The molecule has 0 bridgehead atoms. The number of fused-ring (bicyclic) bond motifs is 1. The number of carbonyl (C=O) groups is 1. The zero-order valence-corrected chi connectivity index (χ0v) is 21.9. The Morgan fingerprint density at radius 3 is 2.87 bits per heavy atom. The van der Waals surface area contributed by atoms with Crippen molar-refractivity contribution in [1.29, 1.82) is 0 Å². The molecular weight excluding hydrogens is 537 g/mol. The van der Waals surface area contributed by atoms with E-state index in [4.69, 9.17) is 25.8 Å². The second-order valence-corrected chi connectivity index (χ2v) is 9.90. The van der Waals surface area contributed by atoms with Crippen molar-refractivity contribution in [1.82, 2.24) is 15.3 Å². The predicted molar refractivity (Wildman–Crippen MR) is 140 cm³/mol. The molecule has 3 N–H and O–H groups in total. The first kappa shape index (κ1) is 27.1. The monoisotopic (exact) mass is 564 g/mol. The third kappa shape index (κ3) is 5.94. The number of anilines is 2. The lowest BCUT2D eigenvalue weighted by molar-refractivity contribution is -0.136. The molecule has 4 heterocycles. The first-order valence-corrected chi connectivity index (χ1v) is 13.0. The van der Waals surface area contributed by atoms with Gasteiger partial charge in [-0.25, -0.2) is 0 Å². The normalized spacial score (nSPS) is 18.9. The topological polar surface area (TPSA) is 97.5 Å². The second-order valence-electron chi connectivity index (χ2n) is 9.49. The molecule has 1 fully saturated rings. The Bertz CT molecular complexity index is 1340. The third-order valence-electron chi connectivity index (χ3n) is 6.88. The highest BCUT2D eigenvalue weighted by Crippen LogP contribution is 2.45. The minimum Gasteiger partial charge on any atom is -0.493 e. The number of nitrogens with zero attached hydrogens (tertiary/aromatic N) is 1.